The second kappa shape index (κ2) is 7.11. The number of hydrogen-bond acceptors (Lipinski definition) is 3. The Labute approximate surface area is 125 Å². The Kier molecular flexibility index (Phi) is 5.19. The summed E-state index contributed by atoms with van der Waals surface area (Å²) in [5, 5.41) is 9.91. The highest BCUT2D eigenvalue weighted by atomic mass is 19.4. The number of halogens is 3. The molecule has 22 heavy (non-hydrogen) atoms. The second-order valence-electron chi connectivity index (χ2n) is 4.81. The number of pyridine rings is 1. The van der Waals surface area contributed by atoms with E-state index in [-0.39, 0.29) is 0 Å². The molecular formula is C15H15F3N2O2. The maximum atomic E-state index is 11.2. The zero-order valence-electron chi connectivity index (χ0n) is 11.7. The molecule has 4 nitrogen and oxygen atoms in total. The number of carboxylic acids is 1. The number of carbonyl (C=O) groups is 1. The van der Waals surface area contributed by atoms with Crippen molar-refractivity contribution >= 4 is 22.6 Å². The summed E-state index contributed by atoms with van der Waals surface area (Å²) < 4.78 is 29.0. The van der Waals surface area contributed by atoms with E-state index in [1.807, 2.05) is 18.2 Å². The quantitative estimate of drug-likeness (QED) is 0.918. The Morgan fingerprint density at radius 2 is 1.82 bits per heavy atom. The second-order valence-corrected chi connectivity index (χ2v) is 4.81. The molecule has 1 aromatic carbocycles. The molecule has 0 bridgehead atoms. The van der Waals surface area contributed by atoms with Crippen molar-refractivity contribution in [1.29, 1.82) is 0 Å². The van der Waals surface area contributed by atoms with Gasteiger partial charge in [-0.3, -0.25) is 4.98 Å². The van der Waals surface area contributed by atoms with Gasteiger partial charge in [-0.25, -0.2) is 4.79 Å². The predicted molar refractivity (Wildman–Crippen MR) is 77.3 cm³/mol. The van der Waals surface area contributed by atoms with E-state index in [1.165, 1.54) is 12.8 Å². The van der Waals surface area contributed by atoms with Crippen molar-refractivity contribution in [3.63, 3.8) is 0 Å². The molecule has 7 heteroatoms. The highest BCUT2D eigenvalue weighted by Gasteiger charge is 2.15. The van der Waals surface area contributed by atoms with E-state index in [9.17, 15) is 23.1 Å². The number of fused-ring (bicyclic) bond motifs is 1. The van der Waals surface area contributed by atoms with Gasteiger partial charge in [-0.05, 0) is 37.1 Å². The minimum absolute atomic E-state index is 0.320. The molecule has 0 radical (unpaired) electrons. The van der Waals surface area contributed by atoms with Crippen LogP contribution in [0.3, 0.4) is 0 Å². The van der Waals surface area contributed by atoms with Gasteiger partial charge >= 0.3 is 12.6 Å². The van der Waals surface area contributed by atoms with E-state index < -0.39 is 12.6 Å². The molecule has 118 valence electrons. The van der Waals surface area contributed by atoms with Crippen LogP contribution < -0.4 is 4.90 Å². The molecule has 0 amide bonds. The molecule has 0 unspecified atom stereocenters. The fourth-order valence-electron chi connectivity index (χ4n) is 2.49. The molecule has 2 heterocycles. The number of nitrogens with zero attached hydrogens (tertiary/aromatic N) is 2. The van der Waals surface area contributed by atoms with Crippen LogP contribution in [-0.4, -0.2) is 35.8 Å². The van der Waals surface area contributed by atoms with Gasteiger partial charge in [-0.15, -0.1) is 0 Å². The van der Waals surface area contributed by atoms with E-state index in [4.69, 9.17) is 0 Å². The predicted octanol–water partition coefficient (Wildman–Crippen LogP) is 3.71. The lowest BCUT2D eigenvalue weighted by Gasteiger charge is -2.18. The Morgan fingerprint density at radius 3 is 2.41 bits per heavy atom. The van der Waals surface area contributed by atoms with Crippen LogP contribution >= 0.6 is 0 Å². The number of rotatable bonds is 2. The summed E-state index contributed by atoms with van der Waals surface area (Å²) in [7, 11) is 0. The van der Waals surface area contributed by atoms with Gasteiger partial charge in [0.15, 0.2) is 0 Å². The summed E-state index contributed by atoms with van der Waals surface area (Å²) in [4.78, 5) is 17.7. The number of anilines is 1. The molecule has 0 spiro atoms. The third-order valence-corrected chi connectivity index (χ3v) is 3.43. The molecule has 0 aliphatic carbocycles. The first-order valence-corrected chi connectivity index (χ1v) is 6.78. The molecule has 1 saturated heterocycles. The van der Waals surface area contributed by atoms with Gasteiger partial charge in [0.2, 0.25) is 0 Å². The third kappa shape index (κ3) is 3.87. The molecule has 1 aliphatic heterocycles. The largest absolute Gasteiger partial charge is 0.478 e. The first kappa shape index (κ1) is 16.1. The van der Waals surface area contributed by atoms with E-state index in [0.29, 0.717) is 5.56 Å². The lowest BCUT2D eigenvalue weighted by atomic mass is 10.1. The third-order valence-electron chi connectivity index (χ3n) is 3.43. The highest BCUT2D eigenvalue weighted by Crippen LogP contribution is 2.26. The number of carboxylic acid groups (broad SMARTS) is 1. The van der Waals surface area contributed by atoms with Gasteiger partial charge in [0, 0.05) is 30.4 Å². The molecule has 3 rings (SSSR count). The van der Waals surface area contributed by atoms with Crippen LogP contribution in [0.5, 0.6) is 0 Å². The van der Waals surface area contributed by atoms with Crippen molar-refractivity contribution in [2.45, 2.75) is 19.5 Å². The molecule has 1 aromatic heterocycles. The number of hydrogen-bond donors (Lipinski definition) is 1. The summed E-state index contributed by atoms with van der Waals surface area (Å²) in [6, 6.07) is 7.41. The van der Waals surface area contributed by atoms with Crippen molar-refractivity contribution in [2.24, 2.45) is 0 Å². The van der Waals surface area contributed by atoms with Crippen molar-refractivity contribution in [3.8, 4) is 0 Å². The fraction of sp³-hybridized carbons (Fsp3) is 0.333. The lowest BCUT2D eigenvalue weighted by Crippen LogP contribution is -2.17. The summed E-state index contributed by atoms with van der Waals surface area (Å²) >= 11 is 0. The van der Waals surface area contributed by atoms with Gasteiger partial charge < -0.3 is 10.0 Å². The topological polar surface area (TPSA) is 53.4 Å². The molecule has 2 aromatic rings. The number of aromatic nitrogens is 1. The molecule has 0 saturated carbocycles. The summed E-state index contributed by atoms with van der Waals surface area (Å²) in [5.74, 6) is -0.902. The molecule has 1 fully saturated rings. The first-order valence-electron chi connectivity index (χ1n) is 6.78. The monoisotopic (exact) mass is 312 g/mol. The van der Waals surface area contributed by atoms with Gasteiger partial charge in [0.25, 0.3) is 0 Å². The smallest absolute Gasteiger partial charge is 0.379 e. The van der Waals surface area contributed by atoms with Crippen LogP contribution in [0.4, 0.5) is 18.9 Å². The van der Waals surface area contributed by atoms with E-state index >= 15 is 0 Å². The number of benzene rings is 1. The zero-order chi connectivity index (χ0) is 16.1. The van der Waals surface area contributed by atoms with Crippen molar-refractivity contribution in [3.05, 3.63) is 36.0 Å². The number of alkyl halides is 3. The minimum atomic E-state index is -3.67. The van der Waals surface area contributed by atoms with Crippen LogP contribution in [-0.2, 0) is 0 Å². The maximum Gasteiger partial charge on any atom is 0.379 e. The van der Waals surface area contributed by atoms with Gasteiger partial charge in [-0.2, -0.15) is 13.2 Å². The van der Waals surface area contributed by atoms with Crippen molar-refractivity contribution in [2.75, 3.05) is 18.0 Å². The van der Waals surface area contributed by atoms with Crippen LogP contribution in [0.25, 0.3) is 10.9 Å². The van der Waals surface area contributed by atoms with Crippen LogP contribution in [0.15, 0.2) is 30.5 Å². The van der Waals surface area contributed by atoms with E-state index in [2.05, 4.69) is 9.88 Å². The standard InChI is InChI=1S/C14H14N2O2.CHF3/c17-14(18)11-5-6-15-13-4-3-10(9-12(11)13)16-7-1-2-8-16;2-1(3)4/h3-6,9H,1-2,7-8H2,(H,17,18);1H. The average molecular weight is 312 g/mol. The SMILES string of the molecule is FC(F)F.O=C(O)c1ccnc2ccc(N3CCCC3)cc12. The maximum absolute atomic E-state index is 11.2. The summed E-state index contributed by atoms with van der Waals surface area (Å²) in [6.45, 7) is -1.57. The molecule has 0 atom stereocenters. The number of aromatic carboxylic acids is 1. The minimum Gasteiger partial charge on any atom is -0.478 e. The first-order chi connectivity index (χ1) is 10.5. The van der Waals surface area contributed by atoms with Crippen LogP contribution in [0, 0.1) is 0 Å². The van der Waals surface area contributed by atoms with Crippen LogP contribution in [0.1, 0.15) is 23.2 Å². The normalized spacial score (nSPS) is 14.1. The Balaban J connectivity index is 0.000000396. The average Bonchev–Trinajstić information content (AvgIpc) is 2.99. The Hall–Kier alpha value is -2.31. The van der Waals surface area contributed by atoms with E-state index in [1.54, 1.807) is 12.3 Å². The van der Waals surface area contributed by atoms with Gasteiger partial charge in [-0.1, -0.05) is 0 Å². The lowest BCUT2D eigenvalue weighted by molar-refractivity contribution is 0.00818. The van der Waals surface area contributed by atoms with E-state index in [0.717, 1.165) is 29.7 Å². The van der Waals surface area contributed by atoms with Crippen LogP contribution in [0.2, 0.25) is 0 Å². The van der Waals surface area contributed by atoms with Crippen molar-refractivity contribution < 1.29 is 23.1 Å². The fourth-order valence-corrected chi connectivity index (χ4v) is 2.49. The summed E-state index contributed by atoms with van der Waals surface area (Å²) in [6.07, 6.45) is 3.95. The molecule has 1 aliphatic rings. The van der Waals surface area contributed by atoms with Gasteiger partial charge in [0.05, 0.1) is 11.1 Å². The van der Waals surface area contributed by atoms with Crippen molar-refractivity contribution in [1.82, 2.24) is 4.98 Å². The Bertz CT molecular complexity index is 656. The summed E-state index contributed by atoms with van der Waals surface area (Å²) in [5.41, 5.74) is 2.15. The molecule has 1 N–H and O–H groups in total. The molecular weight excluding hydrogens is 297 g/mol. The Morgan fingerprint density at radius 1 is 1.18 bits per heavy atom. The zero-order valence-corrected chi connectivity index (χ0v) is 11.7. The highest BCUT2D eigenvalue weighted by molar-refractivity contribution is 6.03. The van der Waals surface area contributed by atoms with Gasteiger partial charge in [0.1, 0.15) is 0 Å².